The van der Waals surface area contributed by atoms with Crippen molar-refractivity contribution in [3.8, 4) is 11.5 Å². The van der Waals surface area contributed by atoms with E-state index in [1.54, 1.807) is 54.6 Å². The maximum Gasteiger partial charge on any atom is 0.371 e. The Balaban J connectivity index is 1.55. The van der Waals surface area contributed by atoms with Crippen molar-refractivity contribution in [1.29, 1.82) is 0 Å². The van der Waals surface area contributed by atoms with Crippen molar-refractivity contribution in [1.82, 2.24) is 0 Å². The minimum atomic E-state index is -1.29. The van der Waals surface area contributed by atoms with Gasteiger partial charge in [-0.25, -0.2) is 4.79 Å². The van der Waals surface area contributed by atoms with Crippen LogP contribution in [0.3, 0.4) is 0 Å². The highest BCUT2D eigenvalue weighted by Gasteiger charge is 2.41. The number of rotatable bonds is 11. The molecule has 1 aliphatic rings. The van der Waals surface area contributed by atoms with Crippen molar-refractivity contribution in [2.45, 2.75) is 39.4 Å². The average Bonchev–Trinajstić information content (AvgIpc) is 3.44. The molecule has 0 fully saturated rings. The third-order valence-electron chi connectivity index (χ3n) is 7.75. The van der Waals surface area contributed by atoms with Crippen LogP contribution < -0.4 is 19.7 Å². The number of aromatic carboxylic acids is 1. The molecule has 1 aliphatic heterocycles. The van der Waals surface area contributed by atoms with Gasteiger partial charge in [-0.3, -0.25) is 14.4 Å². The number of halogens is 1. The molecule has 5 rings (SSSR count). The number of benzene rings is 3. The fourth-order valence-corrected chi connectivity index (χ4v) is 5.79. The number of hydrogen-bond donors (Lipinski definition) is 2. The SMILES string of the molecule is COc1cccc([C@H]2O[C@H](CC(=O)Nc3ccc4oc(C(=O)O)cc4c3)C(=O)N(CC(C)(C)COC(C)=O)c3ccc(Cl)cc32)c1OC. The van der Waals surface area contributed by atoms with Crippen molar-refractivity contribution in [2.75, 3.05) is 37.6 Å². The summed E-state index contributed by atoms with van der Waals surface area (Å²) in [6.07, 6.45) is -2.60. The van der Waals surface area contributed by atoms with Crippen LogP contribution in [0.5, 0.6) is 11.5 Å². The molecule has 252 valence electrons. The number of ether oxygens (including phenoxy) is 4. The van der Waals surface area contributed by atoms with Crippen LogP contribution in [0.2, 0.25) is 5.02 Å². The van der Waals surface area contributed by atoms with E-state index < -0.39 is 41.4 Å². The minimum absolute atomic E-state index is 0.0360. The van der Waals surface area contributed by atoms with Gasteiger partial charge in [-0.05, 0) is 48.5 Å². The van der Waals surface area contributed by atoms with E-state index >= 15 is 0 Å². The van der Waals surface area contributed by atoms with E-state index in [0.29, 0.717) is 50.0 Å². The second-order valence-corrected chi connectivity index (χ2v) is 12.5. The molecule has 0 bridgehead atoms. The molecular formula is C35H35ClN2O10. The van der Waals surface area contributed by atoms with Gasteiger partial charge >= 0.3 is 11.9 Å². The summed E-state index contributed by atoms with van der Waals surface area (Å²) in [4.78, 5) is 52.5. The van der Waals surface area contributed by atoms with E-state index in [9.17, 15) is 24.3 Å². The summed E-state index contributed by atoms with van der Waals surface area (Å²) in [5, 5.41) is 12.9. The molecule has 13 heteroatoms. The lowest BCUT2D eigenvalue weighted by Gasteiger charge is -2.33. The highest BCUT2D eigenvalue weighted by Crippen LogP contribution is 2.45. The van der Waals surface area contributed by atoms with Crippen molar-refractivity contribution < 1.29 is 47.6 Å². The number of carboxylic acids is 1. The van der Waals surface area contributed by atoms with Crippen molar-refractivity contribution in [2.24, 2.45) is 5.41 Å². The number of carboxylic acid groups (broad SMARTS) is 1. The van der Waals surface area contributed by atoms with Crippen LogP contribution in [-0.4, -0.2) is 62.3 Å². The van der Waals surface area contributed by atoms with Crippen LogP contribution in [0.4, 0.5) is 11.4 Å². The summed E-state index contributed by atoms with van der Waals surface area (Å²) >= 11 is 6.51. The number of carbonyl (C=O) groups excluding carboxylic acids is 3. The summed E-state index contributed by atoms with van der Waals surface area (Å²) < 4.78 is 28.5. The lowest BCUT2D eigenvalue weighted by atomic mass is 9.92. The second kappa shape index (κ2) is 14.0. The first-order chi connectivity index (χ1) is 22.8. The molecular weight excluding hydrogens is 644 g/mol. The topological polar surface area (TPSA) is 154 Å². The number of nitrogens with zero attached hydrogens (tertiary/aromatic N) is 1. The van der Waals surface area contributed by atoms with Gasteiger partial charge in [-0.2, -0.15) is 0 Å². The lowest BCUT2D eigenvalue weighted by molar-refractivity contribution is -0.144. The Morgan fingerprint density at radius 2 is 1.79 bits per heavy atom. The Bertz CT molecular complexity index is 1880. The van der Waals surface area contributed by atoms with E-state index in [2.05, 4.69) is 5.32 Å². The van der Waals surface area contributed by atoms with E-state index in [1.165, 1.54) is 32.1 Å². The molecule has 2 atom stereocenters. The van der Waals surface area contributed by atoms with E-state index in [0.717, 1.165) is 0 Å². The van der Waals surface area contributed by atoms with Gasteiger partial charge in [0.1, 0.15) is 17.8 Å². The van der Waals surface area contributed by atoms with Crippen LogP contribution in [0.25, 0.3) is 11.0 Å². The van der Waals surface area contributed by atoms with Gasteiger partial charge in [0, 0.05) is 51.8 Å². The van der Waals surface area contributed by atoms with Gasteiger partial charge in [0.05, 0.1) is 27.2 Å². The molecule has 48 heavy (non-hydrogen) atoms. The predicted molar refractivity (Wildman–Crippen MR) is 177 cm³/mol. The first-order valence-corrected chi connectivity index (χ1v) is 15.4. The molecule has 0 spiro atoms. The molecule has 0 saturated carbocycles. The summed E-state index contributed by atoms with van der Waals surface area (Å²) in [6, 6.07) is 16.4. The zero-order valence-electron chi connectivity index (χ0n) is 27.0. The number of esters is 1. The number of para-hydroxylation sites is 1. The largest absolute Gasteiger partial charge is 0.493 e. The number of carbonyl (C=O) groups is 4. The van der Waals surface area contributed by atoms with Gasteiger partial charge in [0.15, 0.2) is 11.5 Å². The number of fused-ring (bicyclic) bond motifs is 2. The third kappa shape index (κ3) is 7.40. The van der Waals surface area contributed by atoms with E-state index in [-0.39, 0.29) is 25.3 Å². The maximum absolute atomic E-state index is 14.4. The predicted octanol–water partition coefficient (Wildman–Crippen LogP) is 6.24. The molecule has 2 heterocycles. The van der Waals surface area contributed by atoms with E-state index in [4.69, 9.17) is 35.0 Å². The number of anilines is 2. The lowest BCUT2D eigenvalue weighted by Crippen LogP contribution is -2.46. The molecule has 12 nitrogen and oxygen atoms in total. The first-order valence-electron chi connectivity index (χ1n) is 15.0. The van der Waals surface area contributed by atoms with Crippen LogP contribution in [0, 0.1) is 5.41 Å². The Morgan fingerprint density at radius 1 is 1.02 bits per heavy atom. The molecule has 1 aromatic heterocycles. The zero-order chi connectivity index (χ0) is 34.7. The fourth-order valence-electron chi connectivity index (χ4n) is 5.60. The van der Waals surface area contributed by atoms with Crippen molar-refractivity contribution in [3.63, 3.8) is 0 Å². The number of furan rings is 1. The monoisotopic (exact) mass is 678 g/mol. The summed E-state index contributed by atoms with van der Waals surface area (Å²) in [7, 11) is 3.00. The third-order valence-corrected chi connectivity index (χ3v) is 7.99. The highest BCUT2D eigenvalue weighted by atomic mass is 35.5. The highest BCUT2D eigenvalue weighted by molar-refractivity contribution is 6.30. The normalized spacial score (nSPS) is 16.2. The smallest absolute Gasteiger partial charge is 0.371 e. The standard InChI is InChI=1S/C35H35ClN2O10/c1-19(39)46-18-35(2,3)17-38-25-11-9-21(36)15-24(25)31(23-7-6-8-27(44-4)32(23)45-5)48-28(33(38)41)16-30(40)37-22-10-12-26-20(13-22)14-29(47-26)34(42)43/h6-15,28,31H,16-18H2,1-5H3,(H,37,40)(H,42,43)/t28-,31-/m1/s1. The van der Waals surface area contributed by atoms with Gasteiger partial charge in [0.2, 0.25) is 11.7 Å². The Kier molecular flexibility index (Phi) is 9.97. The number of methoxy groups -OCH3 is 2. The van der Waals surface area contributed by atoms with Gasteiger partial charge in [0.25, 0.3) is 5.91 Å². The number of amides is 2. The minimum Gasteiger partial charge on any atom is -0.493 e. The van der Waals surface area contributed by atoms with Crippen LogP contribution in [-0.2, 0) is 23.9 Å². The maximum atomic E-state index is 14.4. The summed E-state index contributed by atoms with van der Waals surface area (Å²) in [5.74, 6) is -2.11. The summed E-state index contributed by atoms with van der Waals surface area (Å²) in [6.45, 7) is 5.18. The van der Waals surface area contributed by atoms with Gasteiger partial charge < -0.3 is 38.7 Å². The molecule has 0 unspecified atom stereocenters. The molecule has 2 N–H and O–H groups in total. The summed E-state index contributed by atoms with van der Waals surface area (Å²) in [5.41, 5.74) is 1.59. The molecule has 4 aromatic rings. The number of hydrogen-bond acceptors (Lipinski definition) is 9. The van der Waals surface area contributed by atoms with Gasteiger partial charge in [-0.1, -0.05) is 37.6 Å². The Labute approximate surface area is 281 Å². The fraction of sp³-hybridized carbons (Fsp3) is 0.314. The quantitative estimate of drug-likeness (QED) is 0.174. The molecule has 0 saturated heterocycles. The second-order valence-electron chi connectivity index (χ2n) is 12.1. The van der Waals surface area contributed by atoms with Crippen LogP contribution in [0.15, 0.2) is 65.1 Å². The van der Waals surface area contributed by atoms with Crippen LogP contribution in [0.1, 0.15) is 55.0 Å². The number of nitrogens with one attached hydrogen (secondary N) is 1. The average molecular weight is 679 g/mol. The molecule has 0 radical (unpaired) electrons. The molecule has 2 amide bonds. The zero-order valence-corrected chi connectivity index (χ0v) is 27.8. The molecule has 0 aliphatic carbocycles. The Hall–Kier alpha value is -5.07. The molecule has 3 aromatic carbocycles. The van der Waals surface area contributed by atoms with Crippen molar-refractivity contribution >= 4 is 57.7 Å². The van der Waals surface area contributed by atoms with Crippen LogP contribution >= 0.6 is 11.6 Å². The Morgan fingerprint density at radius 3 is 2.48 bits per heavy atom. The first kappa shape index (κ1) is 34.3. The van der Waals surface area contributed by atoms with Gasteiger partial charge in [-0.15, -0.1) is 0 Å². The van der Waals surface area contributed by atoms with Crippen molar-refractivity contribution in [3.05, 3.63) is 82.6 Å². The van der Waals surface area contributed by atoms with E-state index in [1.807, 2.05) is 13.8 Å².